The quantitative estimate of drug-likeness (QED) is 0.947. The first-order chi connectivity index (χ1) is 10.7. The Morgan fingerprint density at radius 1 is 1.41 bits per heavy atom. The summed E-state index contributed by atoms with van der Waals surface area (Å²) in [5.41, 5.74) is 2.01. The van der Waals surface area contributed by atoms with Gasteiger partial charge in [-0.25, -0.2) is 4.98 Å². The molecule has 22 heavy (non-hydrogen) atoms. The van der Waals surface area contributed by atoms with Crippen LogP contribution in [0.2, 0.25) is 0 Å². The van der Waals surface area contributed by atoms with E-state index in [-0.39, 0.29) is 5.91 Å². The molecular weight excluding hydrogens is 276 g/mol. The van der Waals surface area contributed by atoms with Crippen molar-refractivity contribution in [3.8, 4) is 0 Å². The van der Waals surface area contributed by atoms with Crippen molar-refractivity contribution in [1.82, 2.24) is 14.5 Å². The molecule has 116 valence electrons. The molecule has 1 N–H and O–H groups in total. The van der Waals surface area contributed by atoms with E-state index in [1.54, 1.807) is 0 Å². The first kappa shape index (κ1) is 14.6. The van der Waals surface area contributed by atoms with E-state index in [1.165, 1.54) is 5.56 Å². The van der Waals surface area contributed by atoms with Crippen LogP contribution in [0.3, 0.4) is 0 Å². The second-order valence-corrected chi connectivity index (χ2v) is 5.82. The number of nitrogens with zero attached hydrogens (tertiary/aromatic N) is 3. The van der Waals surface area contributed by atoms with Crippen molar-refractivity contribution < 1.29 is 4.79 Å². The molecule has 0 spiro atoms. The van der Waals surface area contributed by atoms with Gasteiger partial charge in [-0.05, 0) is 42.7 Å². The maximum Gasteiger partial charge on any atom is 0.270 e. The number of likely N-dealkylation sites (tertiary alicyclic amines) is 1. The van der Waals surface area contributed by atoms with E-state index >= 15 is 0 Å². The summed E-state index contributed by atoms with van der Waals surface area (Å²) in [7, 11) is 3.79. The highest BCUT2D eigenvalue weighted by molar-refractivity contribution is 5.92. The summed E-state index contributed by atoms with van der Waals surface area (Å²) < 4.78 is 1.89. The summed E-state index contributed by atoms with van der Waals surface area (Å²) in [4.78, 5) is 18.9. The standard InChI is InChI=1S/C17H22N4O/c1-18-16-11-13(7-8-19-16)14-5-3-10-21(12-14)17(22)15-6-4-9-20(15)2/h4,6-9,11,14H,3,5,10,12H2,1-2H3,(H,18,19). The van der Waals surface area contributed by atoms with Crippen LogP contribution < -0.4 is 5.32 Å². The zero-order chi connectivity index (χ0) is 15.5. The Hall–Kier alpha value is -2.30. The van der Waals surface area contributed by atoms with Crippen LogP contribution in [-0.4, -0.2) is 40.5 Å². The van der Waals surface area contributed by atoms with E-state index in [0.29, 0.717) is 5.92 Å². The van der Waals surface area contributed by atoms with Gasteiger partial charge in [0.15, 0.2) is 0 Å². The van der Waals surface area contributed by atoms with Crippen LogP contribution >= 0.6 is 0 Å². The van der Waals surface area contributed by atoms with Gasteiger partial charge in [0.25, 0.3) is 5.91 Å². The summed E-state index contributed by atoms with van der Waals surface area (Å²) in [6.45, 7) is 1.61. The predicted molar refractivity (Wildman–Crippen MR) is 87.1 cm³/mol. The molecule has 2 aromatic rings. The minimum Gasteiger partial charge on any atom is -0.373 e. The van der Waals surface area contributed by atoms with Crippen LogP contribution in [0, 0.1) is 0 Å². The number of hydrogen-bond donors (Lipinski definition) is 1. The number of amides is 1. The average molecular weight is 298 g/mol. The summed E-state index contributed by atoms with van der Waals surface area (Å²) in [6.07, 6.45) is 5.90. The molecule has 1 fully saturated rings. The molecule has 2 aromatic heterocycles. The number of rotatable bonds is 3. The Morgan fingerprint density at radius 2 is 2.27 bits per heavy atom. The highest BCUT2D eigenvalue weighted by atomic mass is 16.2. The zero-order valence-electron chi connectivity index (χ0n) is 13.1. The lowest BCUT2D eigenvalue weighted by Crippen LogP contribution is -2.39. The summed E-state index contributed by atoms with van der Waals surface area (Å²) in [6, 6.07) is 7.94. The maximum absolute atomic E-state index is 12.7. The van der Waals surface area contributed by atoms with Gasteiger partial charge in [-0.15, -0.1) is 0 Å². The lowest BCUT2D eigenvalue weighted by molar-refractivity contribution is 0.0697. The molecule has 0 aliphatic carbocycles. The Morgan fingerprint density at radius 3 is 3.00 bits per heavy atom. The number of hydrogen-bond acceptors (Lipinski definition) is 3. The van der Waals surface area contributed by atoms with Crippen molar-refractivity contribution >= 4 is 11.7 Å². The SMILES string of the molecule is CNc1cc(C2CCCN(C(=O)c3cccn3C)C2)ccn1. The third kappa shape index (κ3) is 2.84. The smallest absolute Gasteiger partial charge is 0.270 e. The summed E-state index contributed by atoms with van der Waals surface area (Å²) in [5.74, 6) is 1.39. The lowest BCUT2D eigenvalue weighted by atomic mass is 9.91. The fraction of sp³-hybridized carbons (Fsp3) is 0.412. The number of carbonyl (C=O) groups is 1. The van der Waals surface area contributed by atoms with E-state index in [1.807, 2.05) is 48.1 Å². The monoisotopic (exact) mass is 298 g/mol. The topological polar surface area (TPSA) is 50.2 Å². The van der Waals surface area contributed by atoms with Gasteiger partial charge in [-0.3, -0.25) is 4.79 Å². The molecule has 0 radical (unpaired) electrons. The van der Waals surface area contributed by atoms with Gasteiger partial charge in [0.05, 0.1) is 0 Å². The molecule has 3 rings (SSSR count). The number of aryl methyl sites for hydroxylation is 1. The Bertz CT molecular complexity index is 664. The fourth-order valence-electron chi connectivity index (χ4n) is 3.12. The minimum atomic E-state index is 0.125. The molecule has 1 amide bonds. The van der Waals surface area contributed by atoms with Gasteiger partial charge < -0.3 is 14.8 Å². The normalized spacial score (nSPS) is 18.3. The molecule has 1 aliphatic rings. The Kier molecular flexibility index (Phi) is 4.13. The number of pyridine rings is 1. The molecule has 5 nitrogen and oxygen atoms in total. The molecule has 1 atom stereocenters. The van der Waals surface area contributed by atoms with Gasteiger partial charge in [-0.2, -0.15) is 0 Å². The van der Waals surface area contributed by atoms with Gasteiger partial charge in [0, 0.05) is 45.5 Å². The van der Waals surface area contributed by atoms with Crippen LogP contribution in [0.5, 0.6) is 0 Å². The van der Waals surface area contributed by atoms with Crippen molar-refractivity contribution in [3.63, 3.8) is 0 Å². The summed E-state index contributed by atoms with van der Waals surface area (Å²) in [5, 5.41) is 3.08. The number of anilines is 1. The lowest BCUT2D eigenvalue weighted by Gasteiger charge is -2.33. The number of carbonyl (C=O) groups excluding carboxylic acids is 1. The van der Waals surface area contributed by atoms with E-state index in [9.17, 15) is 4.79 Å². The van der Waals surface area contributed by atoms with Crippen molar-refractivity contribution in [3.05, 3.63) is 47.9 Å². The van der Waals surface area contributed by atoms with E-state index < -0.39 is 0 Å². The van der Waals surface area contributed by atoms with Crippen LogP contribution in [0.1, 0.15) is 34.8 Å². The highest BCUT2D eigenvalue weighted by Gasteiger charge is 2.26. The molecule has 1 saturated heterocycles. The van der Waals surface area contributed by atoms with Crippen molar-refractivity contribution in [2.75, 3.05) is 25.5 Å². The van der Waals surface area contributed by atoms with E-state index in [2.05, 4.69) is 22.4 Å². The largest absolute Gasteiger partial charge is 0.373 e. The molecular formula is C17H22N4O. The highest BCUT2D eigenvalue weighted by Crippen LogP contribution is 2.28. The molecule has 3 heterocycles. The van der Waals surface area contributed by atoms with Crippen molar-refractivity contribution in [2.24, 2.45) is 7.05 Å². The van der Waals surface area contributed by atoms with E-state index in [4.69, 9.17) is 0 Å². The van der Waals surface area contributed by atoms with Gasteiger partial charge in [0.2, 0.25) is 0 Å². The second kappa shape index (κ2) is 6.22. The van der Waals surface area contributed by atoms with Crippen LogP contribution in [-0.2, 0) is 7.05 Å². The van der Waals surface area contributed by atoms with Crippen molar-refractivity contribution in [1.29, 1.82) is 0 Å². The third-order valence-electron chi connectivity index (χ3n) is 4.38. The first-order valence-electron chi connectivity index (χ1n) is 7.73. The Labute approximate surface area is 131 Å². The molecule has 1 unspecified atom stereocenters. The van der Waals surface area contributed by atoms with E-state index in [0.717, 1.165) is 37.4 Å². The van der Waals surface area contributed by atoms with Gasteiger partial charge in [-0.1, -0.05) is 0 Å². The fourth-order valence-corrected chi connectivity index (χ4v) is 3.12. The number of aromatic nitrogens is 2. The van der Waals surface area contributed by atoms with Gasteiger partial charge in [0.1, 0.15) is 11.5 Å². The number of piperidine rings is 1. The molecule has 0 aromatic carbocycles. The zero-order valence-corrected chi connectivity index (χ0v) is 13.1. The van der Waals surface area contributed by atoms with Gasteiger partial charge >= 0.3 is 0 Å². The molecule has 1 aliphatic heterocycles. The van der Waals surface area contributed by atoms with Crippen LogP contribution in [0.15, 0.2) is 36.7 Å². The minimum absolute atomic E-state index is 0.125. The number of nitrogens with one attached hydrogen (secondary N) is 1. The van der Waals surface area contributed by atoms with Crippen molar-refractivity contribution in [2.45, 2.75) is 18.8 Å². The first-order valence-corrected chi connectivity index (χ1v) is 7.73. The van der Waals surface area contributed by atoms with Crippen LogP contribution in [0.4, 0.5) is 5.82 Å². The molecule has 5 heteroatoms. The maximum atomic E-state index is 12.7. The predicted octanol–water partition coefficient (Wildman–Crippen LogP) is 2.48. The second-order valence-electron chi connectivity index (χ2n) is 5.82. The van der Waals surface area contributed by atoms with Crippen LogP contribution in [0.25, 0.3) is 0 Å². The molecule has 0 saturated carbocycles. The Balaban J connectivity index is 1.76. The average Bonchev–Trinajstić information content (AvgIpc) is 3.00. The third-order valence-corrected chi connectivity index (χ3v) is 4.38. The molecule has 0 bridgehead atoms. The summed E-state index contributed by atoms with van der Waals surface area (Å²) >= 11 is 0.